The summed E-state index contributed by atoms with van der Waals surface area (Å²) < 4.78 is 13.9. The minimum atomic E-state index is -1.12. The maximum atomic E-state index is 13.9. The summed E-state index contributed by atoms with van der Waals surface area (Å²) in [4.78, 5) is 22.8. The molecule has 0 aromatic heterocycles. The molecule has 0 aliphatic rings. The van der Waals surface area contributed by atoms with Gasteiger partial charge in [-0.1, -0.05) is 24.6 Å². The zero-order valence-corrected chi connectivity index (χ0v) is 12.3. The number of hydrogen-bond donors (Lipinski definition) is 2. The van der Waals surface area contributed by atoms with Crippen molar-refractivity contribution in [3.8, 4) is 0 Å². The van der Waals surface area contributed by atoms with E-state index < -0.39 is 29.0 Å². The Bertz CT molecular complexity index is 531. The molecule has 0 aliphatic carbocycles. The third kappa shape index (κ3) is 3.70. The molecule has 1 atom stereocenters. The van der Waals surface area contributed by atoms with Crippen LogP contribution in [-0.4, -0.2) is 23.5 Å². The number of carboxylic acids is 1. The molecule has 1 aromatic rings. The highest BCUT2D eigenvalue weighted by Gasteiger charge is 2.32. The molecule has 0 heterocycles. The van der Waals surface area contributed by atoms with Crippen LogP contribution in [-0.2, 0) is 15.0 Å². The van der Waals surface area contributed by atoms with E-state index >= 15 is 0 Å². The van der Waals surface area contributed by atoms with E-state index in [1.54, 1.807) is 13.8 Å². The lowest BCUT2D eigenvalue weighted by molar-refractivity contribution is -0.141. The SMILES string of the molecule is CC(CNC(=O)C(C)(C)c1ccc(Cl)cc1F)C(=O)O. The molecule has 4 nitrogen and oxygen atoms in total. The van der Waals surface area contributed by atoms with Crippen molar-refractivity contribution in [1.82, 2.24) is 5.32 Å². The smallest absolute Gasteiger partial charge is 0.308 e. The van der Waals surface area contributed by atoms with E-state index in [-0.39, 0.29) is 17.1 Å². The second-order valence-corrected chi connectivity index (χ2v) is 5.63. The van der Waals surface area contributed by atoms with Crippen LogP contribution in [0.15, 0.2) is 18.2 Å². The molecule has 0 fully saturated rings. The first kappa shape index (κ1) is 16.4. The molecule has 0 saturated heterocycles. The maximum Gasteiger partial charge on any atom is 0.308 e. The first-order chi connectivity index (χ1) is 9.16. The summed E-state index contributed by atoms with van der Waals surface area (Å²) >= 11 is 5.68. The van der Waals surface area contributed by atoms with Crippen molar-refractivity contribution in [3.05, 3.63) is 34.6 Å². The van der Waals surface area contributed by atoms with Crippen molar-refractivity contribution in [1.29, 1.82) is 0 Å². The molecule has 6 heteroatoms. The van der Waals surface area contributed by atoms with E-state index in [9.17, 15) is 14.0 Å². The van der Waals surface area contributed by atoms with Gasteiger partial charge in [-0.25, -0.2) is 4.39 Å². The molecule has 1 aromatic carbocycles. The fourth-order valence-corrected chi connectivity index (χ4v) is 1.83. The van der Waals surface area contributed by atoms with Gasteiger partial charge in [0.25, 0.3) is 0 Å². The molecule has 0 aliphatic heterocycles. The van der Waals surface area contributed by atoms with Crippen molar-refractivity contribution in [2.45, 2.75) is 26.2 Å². The predicted octanol–water partition coefficient (Wildman–Crippen LogP) is 2.59. The Morgan fingerprint density at radius 2 is 2.05 bits per heavy atom. The van der Waals surface area contributed by atoms with Crippen molar-refractivity contribution in [2.24, 2.45) is 5.92 Å². The number of amides is 1. The van der Waals surface area contributed by atoms with Gasteiger partial charge in [0.2, 0.25) is 5.91 Å². The second kappa shape index (κ2) is 6.22. The molecule has 0 radical (unpaired) electrons. The zero-order valence-electron chi connectivity index (χ0n) is 11.5. The van der Waals surface area contributed by atoms with Crippen molar-refractivity contribution in [2.75, 3.05) is 6.54 Å². The van der Waals surface area contributed by atoms with Gasteiger partial charge in [-0.3, -0.25) is 9.59 Å². The molecule has 0 saturated carbocycles. The van der Waals surface area contributed by atoms with Gasteiger partial charge in [0, 0.05) is 17.1 Å². The van der Waals surface area contributed by atoms with Gasteiger partial charge in [-0.05, 0) is 26.0 Å². The molecule has 0 spiro atoms. The standard InChI is InChI=1S/C14H17ClFNO3/c1-8(12(18)19)7-17-13(20)14(2,3)10-5-4-9(15)6-11(10)16/h4-6,8H,7H2,1-3H3,(H,17,20)(H,18,19). The topological polar surface area (TPSA) is 66.4 Å². The third-order valence-electron chi connectivity index (χ3n) is 3.16. The van der Waals surface area contributed by atoms with Crippen molar-refractivity contribution < 1.29 is 19.1 Å². The van der Waals surface area contributed by atoms with Crippen LogP contribution in [0.1, 0.15) is 26.3 Å². The largest absolute Gasteiger partial charge is 0.481 e. The average molecular weight is 302 g/mol. The lowest BCUT2D eigenvalue weighted by Gasteiger charge is -2.25. The number of benzene rings is 1. The summed E-state index contributed by atoms with van der Waals surface area (Å²) in [7, 11) is 0. The van der Waals surface area contributed by atoms with Crippen LogP contribution in [0.4, 0.5) is 4.39 Å². The summed E-state index contributed by atoms with van der Waals surface area (Å²) in [5.74, 6) is -2.71. The first-order valence-corrected chi connectivity index (χ1v) is 6.50. The van der Waals surface area contributed by atoms with Crippen molar-refractivity contribution >= 4 is 23.5 Å². The summed E-state index contributed by atoms with van der Waals surface area (Å²) in [6.45, 7) is 4.62. The molecule has 110 valence electrons. The number of aliphatic carboxylic acids is 1. The van der Waals surface area contributed by atoms with E-state index in [0.717, 1.165) is 6.07 Å². The first-order valence-electron chi connectivity index (χ1n) is 6.13. The van der Waals surface area contributed by atoms with Crippen LogP contribution in [0.25, 0.3) is 0 Å². The summed E-state index contributed by atoms with van der Waals surface area (Å²) in [6.07, 6.45) is 0. The molecular formula is C14H17ClFNO3. The molecule has 2 N–H and O–H groups in total. The van der Waals surface area contributed by atoms with Gasteiger partial charge in [-0.15, -0.1) is 0 Å². The normalized spacial score (nSPS) is 12.8. The Hall–Kier alpha value is -1.62. The Kier molecular flexibility index (Phi) is 5.11. The number of rotatable bonds is 5. The molecule has 1 rings (SSSR count). The van der Waals surface area contributed by atoms with E-state index in [2.05, 4.69) is 5.32 Å². The predicted molar refractivity (Wildman–Crippen MR) is 74.2 cm³/mol. The van der Waals surface area contributed by atoms with Gasteiger partial charge >= 0.3 is 5.97 Å². The van der Waals surface area contributed by atoms with E-state index in [0.29, 0.717) is 0 Å². The van der Waals surface area contributed by atoms with Crippen LogP contribution in [0, 0.1) is 11.7 Å². The number of carboxylic acid groups (broad SMARTS) is 1. The molecule has 1 amide bonds. The fourth-order valence-electron chi connectivity index (χ4n) is 1.67. The van der Waals surface area contributed by atoms with Gasteiger partial charge in [0.05, 0.1) is 11.3 Å². The quantitative estimate of drug-likeness (QED) is 0.878. The Balaban J connectivity index is 2.87. The number of hydrogen-bond acceptors (Lipinski definition) is 2. The van der Waals surface area contributed by atoms with Gasteiger partial charge in [0.1, 0.15) is 5.82 Å². The number of halogens is 2. The minimum absolute atomic E-state index is 0.00714. The lowest BCUT2D eigenvalue weighted by atomic mass is 9.83. The number of nitrogens with one attached hydrogen (secondary N) is 1. The van der Waals surface area contributed by atoms with Gasteiger partial charge in [0.15, 0.2) is 0 Å². The van der Waals surface area contributed by atoms with Crippen LogP contribution in [0.5, 0.6) is 0 Å². The van der Waals surface area contributed by atoms with Crippen molar-refractivity contribution in [3.63, 3.8) is 0 Å². The van der Waals surface area contributed by atoms with E-state index in [4.69, 9.17) is 16.7 Å². The number of carbonyl (C=O) groups excluding carboxylic acids is 1. The highest BCUT2D eigenvalue weighted by Crippen LogP contribution is 2.28. The summed E-state index contributed by atoms with van der Waals surface area (Å²) in [5, 5.41) is 11.5. The Morgan fingerprint density at radius 3 is 2.55 bits per heavy atom. The molecule has 1 unspecified atom stereocenters. The van der Waals surface area contributed by atoms with Gasteiger partial charge in [-0.2, -0.15) is 0 Å². The lowest BCUT2D eigenvalue weighted by Crippen LogP contribution is -2.43. The highest BCUT2D eigenvalue weighted by atomic mass is 35.5. The highest BCUT2D eigenvalue weighted by molar-refractivity contribution is 6.30. The minimum Gasteiger partial charge on any atom is -0.481 e. The molecule has 20 heavy (non-hydrogen) atoms. The van der Waals surface area contributed by atoms with Crippen LogP contribution in [0.2, 0.25) is 5.02 Å². The molecular weight excluding hydrogens is 285 g/mol. The molecule has 0 bridgehead atoms. The van der Waals surface area contributed by atoms with Gasteiger partial charge < -0.3 is 10.4 Å². The summed E-state index contributed by atoms with van der Waals surface area (Å²) in [5.41, 5.74) is -0.908. The second-order valence-electron chi connectivity index (χ2n) is 5.20. The Morgan fingerprint density at radius 1 is 1.45 bits per heavy atom. The number of carbonyl (C=O) groups is 2. The fraction of sp³-hybridized carbons (Fsp3) is 0.429. The van der Waals surface area contributed by atoms with Crippen LogP contribution in [0.3, 0.4) is 0 Å². The van der Waals surface area contributed by atoms with Crippen LogP contribution < -0.4 is 5.32 Å². The summed E-state index contributed by atoms with van der Waals surface area (Å²) in [6, 6.07) is 4.11. The van der Waals surface area contributed by atoms with Crippen LogP contribution >= 0.6 is 11.6 Å². The zero-order chi connectivity index (χ0) is 15.5. The van der Waals surface area contributed by atoms with E-state index in [1.165, 1.54) is 19.1 Å². The average Bonchev–Trinajstić information content (AvgIpc) is 2.34. The Labute approximate surface area is 121 Å². The van der Waals surface area contributed by atoms with E-state index in [1.807, 2.05) is 0 Å². The third-order valence-corrected chi connectivity index (χ3v) is 3.40. The monoisotopic (exact) mass is 301 g/mol. The maximum absolute atomic E-state index is 13.9.